The molecule has 0 bridgehead atoms. The highest BCUT2D eigenvalue weighted by atomic mass is 32.1. The number of ether oxygens (including phenoxy) is 2. The van der Waals surface area contributed by atoms with Crippen molar-refractivity contribution in [1.82, 2.24) is 9.78 Å². The third kappa shape index (κ3) is 5.11. The number of carbonyl (C=O) groups is 2. The van der Waals surface area contributed by atoms with E-state index in [-0.39, 0.29) is 5.82 Å². The van der Waals surface area contributed by atoms with E-state index in [4.69, 9.17) is 9.47 Å². The van der Waals surface area contributed by atoms with Crippen LogP contribution in [0.15, 0.2) is 84.9 Å². The normalized spacial score (nSPS) is 10.8. The molecule has 0 saturated carbocycles. The van der Waals surface area contributed by atoms with Gasteiger partial charge in [-0.15, -0.1) is 11.3 Å². The van der Waals surface area contributed by atoms with Gasteiger partial charge in [0.05, 0.1) is 11.4 Å². The van der Waals surface area contributed by atoms with Crippen LogP contribution in [0.4, 0.5) is 10.1 Å². The average molecular weight is 502 g/mol. The number of anilines is 1. The predicted octanol–water partition coefficient (Wildman–Crippen LogP) is 6.12. The van der Waals surface area contributed by atoms with Crippen molar-refractivity contribution in [3.05, 3.63) is 101 Å². The van der Waals surface area contributed by atoms with E-state index < -0.39 is 18.5 Å². The van der Waals surface area contributed by atoms with Gasteiger partial charge in [-0.3, -0.25) is 4.79 Å². The van der Waals surface area contributed by atoms with Gasteiger partial charge in [0.15, 0.2) is 6.61 Å². The largest absolute Gasteiger partial charge is 0.457 e. The maximum Gasteiger partial charge on any atom is 0.348 e. The number of benzene rings is 3. The smallest absolute Gasteiger partial charge is 0.348 e. The molecule has 1 amide bonds. The van der Waals surface area contributed by atoms with E-state index in [2.05, 4.69) is 10.4 Å². The van der Waals surface area contributed by atoms with Crippen molar-refractivity contribution in [1.29, 1.82) is 0 Å². The Morgan fingerprint density at radius 3 is 2.39 bits per heavy atom. The first-order chi connectivity index (χ1) is 17.5. The van der Waals surface area contributed by atoms with E-state index in [1.165, 1.54) is 23.5 Å². The zero-order valence-corrected chi connectivity index (χ0v) is 19.9. The quantitative estimate of drug-likeness (QED) is 0.272. The fourth-order valence-corrected chi connectivity index (χ4v) is 4.61. The molecule has 1 N–H and O–H groups in total. The Kier molecular flexibility index (Phi) is 6.46. The Morgan fingerprint density at radius 2 is 1.67 bits per heavy atom. The number of fused-ring (bicyclic) bond motifs is 1. The minimum absolute atomic E-state index is 0.343. The van der Waals surface area contributed by atoms with E-state index in [1.807, 2.05) is 37.3 Å². The van der Waals surface area contributed by atoms with E-state index >= 15 is 0 Å². The van der Waals surface area contributed by atoms with Crippen LogP contribution in [0.2, 0.25) is 0 Å². The van der Waals surface area contributed by atoms with Gasteiger partial charge < -0.3 is 14.8 Å². The van der Waals surface area contributed by atoms with Crippen molar-refractivity contribution in [2.75, 3.05) is 11.9 Å². The molecule has 5 rings (SSSR count). The van der Waals surface area contributed by atoms with E-state index in [0.717, 1.165) is 15.9 Å². The Balaban J connectivity index is 1.19. The minimum atomic E-state index is -0.608. The third-order valence-corrected chi connectivity index (χ3v) is 6.36. The van der Waals surface area contributed by atoms with Crippen molar-refractivity contribution in [2.24, 2.45) is 0 Å². The zero-order valence-electron chi connectivity index (χ0n) is 19.1. The summed E-state index contributed by atoms with van der Waals surface area (Å²) < 4.78 is 25.9. The molecule has 7 nitrogen and oxygen atoms in total. The van der Waals surface area contributed by atoms with Crippen LogP contribution in [-0.2, 0) is 9.53 Å². The van der Waals surface area contributed by atoms with Crippen LogP contribution in [0.5, 0.6) is 11.5 Å². The monoisotopic (exact) mass is 501 g/mol. The Morgan fingerprint density at radius 1 is 0.972 bits per heavy atom. The van der Waals surface area contributed by atoms with Crippen molar-refractivity contribution >= 4 is 39.1 Å². The number of thiophene rings is 1. The molecule has 180 valence electrons. The number of amides is 1. The van der Waals surface area contributed by atoms with Crippen LogP contribution < -0.4 is 10.1 Å². The van der Waals surface area contributed by atoms with Gasteiger partial charge in [0.1, 0.15) is 27.0 Å². The summed E-state index contributed by atoms with van der Waals surface area (Å²) in [6.45, 7) is 1.40. The minimum Gasteiger partial charge on any atom is -0.457 e. The highest BCUT2D eigenvalue weighted by Crippen LogP contribution is 2.31. The van der Waals surface area contributed by atoms with Gasteiger partial charge in [0.2, 0.25) is 0 Å². The standard InChI is InChI=1S/C27H20FN3O4S/c1-17-23-15-24(36-26(23)31(30-17)20-11-7-18(28)8-12-20)27(33)34-16-25(32)29-19-9-13-22(14-10-19)35-21-5-3-2-4-6-21/h2-15H,16H2,1H3,(H,29,32). The molecule has 3 aromatic carbocycles. The van der Waals surface area contributed by atoms with Crippen LogP contribution >= 0.6 is 11.3 Å². The second-order valence-electron chi connectivity index (χ2n) is 7.87. The number of aryl methyl sites for hydroxylation is 1. The lowest BCUT2D eigenvalue weighted by molar-refractivity contribution is -0.119. The number of halogens is 1. The number of rotatable bonds is 7. The van der Waals surface area contributed by atoms with Gasteiger partial charge in [0.25, 0.3) is 5.91 Å². The van der Waals surface area contributed by atoms with Crippen LogP contribution in [0.1, 0.15) is 15.4 Å². The second kappa shape index (κ2) is 10.0. The molecule has 2 heterocycles. The Hall–Kier alpha value is -4.50. The number of hydrogen-bond donors (Lipinski definition) is 1. The van der Waals surface area contributed by atoms with E-state index in [1.54, 1.807) is 47.1 Å². The first kappa shape index (κ1) is 23.3. The summed E-state index contributed by atoms with van der Waals surface area (Å²) in [6.07, 6.45) is 0. The highest BCUT2D eigenvalue weighted by Gasteiger charge is 2.19. The molecule has 5 aromatic rings. The molecular weight excluding hydrogens is 481 g/mol. The molecule has 36 heavy (non-hydrogen) atoms. The molecule has 9 heteroatoms. The van der Waals surface area contributed by atoms with Crippen molar-refractivity contribution in [3.63, 3.8) is 0 Å². The van der Waals surface area contributed by atoms with E-state index in [0.29, 0.717) is 27.8 Å². The molecule has 0 atom stereocenters. The summed E-state index contributed by atoms with van der Waals surface area (Å²) in [5, 5.41) is 7.96. The van der Waals surface area contributed by atoms with Gasteiger partial charge in [-0.2, -0.15) is 5.10 Å². The molecule has 0 aliphatic carbocycles. The molecule has 0 fully saturated rings. The number of para-hydroxylation sites is 1. The van der Waals surface area contributed by atoms with Crippen LogP contribution in [0.3, 0.4) is 0 Å². The first-order valence-electron chi connectivity index (χ1n) is 11.0. The first-order valence-corrected chi connectivity index (χ1v) is 11.8. The van der Waals surface area contributed by atoms with Crippen LogP contribution in [0.25, 0.3) is 15.9 Å². The molecule has 0 spiro atoms. The molecule has 0 radical (unpaired) electrons. The average Bonchev–Trinajstić information content (AvgIpc) is 3.46. The van der Waals surface area contributed by atoms with Crippen LogP contribution in [-0.4, -0.2) is 28.3 Å². The number of hydrogen-bond acceptors (Lipinski definition) is 6. The van der Waals surface area contributed by atoms with Crippen molar-refractivity contribution < 1.29 is 23.5 Å². The fourth-order valence-electron chi connectivity index (χ4n) is 3.54. The number of esters is 1. The van der Waals surface area contributed by atoms with Crippen LogP contribution in [0, 0.1) is 12.7 Å². The summed E-state index contributed by atoms with van der Waals surface area (Å²) >= 11 is 1.20. The zero-order chi connectivity index (χ0) is 25.1. The molecule has 0 aliphatic heterocycles. The Bertz CT molecular complexity index is 1530. The molecule has 0 unspecified atom stereocenters. The summed E-state index contributed by atoms with van der Waals surface area (Å²) in [7, 11) is 0. The number of nitrogens with zero attached hydrogens (tertiary/aromatic N) is 2. The molecule has 2 aromatic heterocycles. The number of aromatic nitrogens is 2. The van der Waals surface area contributed by atoms with E-state index in [9.17, 15) is 14.0 Å². The lowest BCUT2D eigenvalue weighted by atomic mass is 10.3. The van der Waals surface area contributed by atoms with Gasteiger partial charge in [-0.1, -0.05) is 18.2 Å². The molecule has 0 saturated heterocycles. The highest BCUT2D eigenvalue weighted by molar-refractivity contribution is 7.20. The van der Waals surface area contributed by atoms with Crippen molar-refractivity contribution in [2.45, 2.75) is 6.92 Å². The van der Waals surface area contributed by atoms with Gasteiger partial charge in [-0.05, 0) is 73.7 Å². The maximum absolute atomic E-state index is 13.3. The number of nitrogens with one attached hydrogen (secondary N) is 1. The fraction of sp³-hybridized carbons (Fsp3) is 0.0741. The summed E-state index contributed by atoms with van der Waals surface area (Å²) in [5.41, 5.74) is 1.95. The number of carbonyl (C=O) groups excluding carboxylic acids is 2. The lowest BCUT2D eigenvalue weighted by Crippen LogP contribution is -2.20. The summed E-state index contributed by atoms with van der Waals surface area (Å²) in [4.78, 5) is 26.0. The topological polar surface area (TPSA) is 82.5 Å². The third-order valence-electron chi connectivity index (χ3n) is 5.27. The lowest BCUT2D eigenvalue weighted by Gasteiger charge is -2.08. The SMILES string of the molecule is Cc1nn(-c2ccc(F)cc2)c2sc(C(=O)OCC(=O)Nc3ccc(Oc4ccccc4)cc3)cc12. The molecular formula is C27H20FN3O4S. The van der Waals surface area contributed by atoms with Gasteiger partial charge >= 0.3 is 5.97 Å². The molecule has 0 aliphatic rings. The predicted molar refractivity (Wildman–Crippen MR) is 136 cm³/mol. The second-order valence-corrected chi connectivity index (χ2v) is 8.90. The van der Waals surface area contributed by atoms with Gasteiger partial charge in [-0.25, -0.2) is 13.9 Å². The Labute approximate surface area is 209 Å². The summed E-state index contributed by atoms with van der Waals surface area (Å²) in [5.74, 6) is -0.0742. The summed E-state index contributed by atoms with van der Waals surface area (Å²) in [6, 6.07) is 23.9. The van der Waals surface area contributed by atoms with Crippen molar-refractivity contribution in [3.8, 4) is 17.2 Å². The maximum atomic E-state index is 13.3. The van der Waals surface area contributed by atoms with Gasteiger partial charge in [0, 0.05) is 11.1 Å².